The van der Waals surface area contributed by atoms with Gasteiger partial charge >= 0.3 is 0 Å². The molecule has 3 rings (SSSR count). The summed E-state index contributed by atoms with van der Waals surface area (Å²) >= 11 is 0. The molecule has 102 valence electrons. The number of pyridine rings is 1. The van der Waals surface area contributed by atoms with Gasteiger partial charge in [-0.2, -0.15) is 0 Å². The lowest BCUT2D eigenvalue weighted by atomic mass is 10.2. The van der Waals surface area contributed by atoms with Gasteiger partial charge in [0.05, 0.1) is 19.3 Å². The van der Waals surface area contributed by atoms with Crippen LogP contribution in [0.15, 0.2) is 24.5 Å². The fraction of sp³-hybridized carbons (Fsp3) is 0.231. The molecular formula is C13H13N5O2. The van der Waals surface area contributed by atoms with Crippen LogP contribution in [-0.4, -0.2) is 32.9 Å². The molecule has 7 nitrogen and oxygen atoms in total. The number of nitrogens with two attached hydrogens (primary N) is 1. The first-order chi connectivity index (χ1) is 9.69. The van der Waals surface area contributed by atoms with E-state index in [0.29, 0.717) is 24.5 Å². The van der Waals surface area contributed by atoms with Crippen molar-refractivity contribution >= 4 is 11.9 Å². The Hall–Kier alpha value is -2.70. The van der Waals surface area contributed by atoms with E-state index in [4.69, 9.17) is 10.5 Å². The average molecular weight is 271 g/mol. The molecular weight excluding hydrogens is 258 g/mol. The van der Waals surface area contributed by atoms with Crippen molar-refractivity contribution in [3.05, 3.63) is 41.3 Å². The van der Waals surface area contributed by atoms with Crippen LogP contribution in [0.1, 0.15) is 21.6 Å². The molecule has 0 spiro atoms. The van der Waals surface area contributed by atoms with Crippen LogP contribution in [0.2, 0.25) is 0 Å². The maximum atomic E-state index is 12.5. The van der Waals surface area contributed by atoms with Gasteiger partial charge in [-0.25, -0.2) is 15.0 Å². The van der Waals surface area contributed by atoms with E-state index in [1.54, 1.807) is 29.4 Å². The van der Waals surface area contributed by atoms with Crippen LogP contribution >= 0.6 is 0 Å². The van der Waals surface area contributed by atoms with Gasteiger partial charge in [0, 0.05) is 24.5 Å². The Morgan fingerprint density at radius 2 is 2.25 bits per heavy atom. The molecule has 0 aromatic carbocycles. The Kier molecular flexibility index (Phi) is 2.94. The number of anilines is 1. The predicted molar refractivity (Wildman–Crippen MR) is 70.8 cm³/mol. The SMILES string of the molecule is COc1ncccc1C(=O)N1Cc2cnc(N)nc2C1. The molecule has 2 aromatic rings. The minimum absolute atomic E-state index is 0.147. The molecule has 2 N–H and O–H groups in total. The molecule has 0 saturated heterocycles. The van der Waals surface area contributed by atoms with Gasteiger partial charge in [-0.1, -0.05) is 0 Å². The number of ether oxygens (including phenoxy) is 1. The monoisotopic (exact) mass is 271 g/mol. The third-order valence-electron chi connectivity index (χ3n) is 3.16. The molecule has 2 aromatic heterocycles. The second-order valence-electron chi connectivity index (χ2n) is 4.42. The Morgan fingerprint density at radius 1 is 1.40 bits per heavy atom. The third kappa shape index (κ3) is 2.03. The molecule has 0 saturated carbocycles. The smallest absolute Gasteiger partial charge is 0.260 e. The Balaban J connectivity index is 1.87. The summed E-state index contributed by atoms with van der Waals surface area (Å²) in [4.78, 5) is 26.3. The number of rotatable bonds is 2. The van der Waals surface area contributed by atoms with E-state index in [0.717, 1.165) is 11.3 Å². The van der Waals surface area contributed by atoms with E-state index in [1.807, 2.05) is 0 Å². The molecule has 1 aliphatic heterocycles. The minimum atomic E-state index is -0.147. The number of hydrogen-bond acceptors (Lipinski definition) is 6. The Morgan fingerprint density at radius 3 is 3.05 bits per heavy atom. The maximum Gasteiger partial charge on any atom is 0.260 e. The highest BCUT2D eigenvalue weighted by Gasteiger charge is 2.27. The van der Waals surface area contributed by atoms with E-state index < -0.39 is 0 Å². The normalized spacial score (nSPS) is 13.2. The van der Waals surface area contributed by atoms with Crippen molar-refractivity contribution < 1.29 is 9.53 Å². The van der Waals surface area contributed by atoms with Crippen molar-refractivity contribution in [1.82, 2.24) is 19.9 Å². The van der Waals surface area contributed by atoms with Gasteiger partial charge in [0.1, 0.15) is 5.56 Å². The molecule has 0 fully saturated rings. The van der Waals surface area contributed by atoms with Gasteiger partial charge in [0.15, 0.2) is 0 Å². The molecule has 0 bridgehead atoms. The van der Waals surface area contributed by atoms with E-state index in [-0.39, 0.29) is 11.9 Å². The Labute approximate surface area is 115 Å². The van der Waals surface area contributed by atoms with Crippen molar-refractivity contribution in [2.45, 2.75) is 13.1 Å². The fourth-order valence-corrected chi connectivity index (χ4v) is 2.20. The van der Waals surface area contributed by atoms with Gasteiger partial charge in [-0.15, -0.1) is 0 Å². The molecule has 1 amide bonds. The zero-order chi connectivity index (χ0) is 14.1. The second kappa shape index (κ2) is 4.76. The molecule has 20 heavy (non-hydrogen) atoms. The van der Waals surface area contributed by atoms with Crippen LogP contribution in [-0.2, 0) is 13.1 Å². The summed E-state index contributed by atoms with van der Waals surface area (Å²) in [5, 5.41) is 0. The highest BCUT2D eigenvalue weighted by atomic mass is 16.5. The molecule has 7 heteroatoms. The standard InChI is InChI=1S/C13H13N5O2/c1-20-11-9(3-2-4-15-11)12(19)18-6-8-5-16-13(14)17-10(8)7-18/h2-5H,6-7H2,1H3,(H2,14,16,17). The van der Waals surface area contributed by atoms with Crippen molar-refractivity contribution in [3.63, 3.8) is 0 Å². The number of methoxy groups -OCH3 is 1. The van der Waals surface area contributed by atoms with Crippen LogP contribution < -0.4 is 10.5 Å². The number of carbonyl (C=O) groups excluding carboxylic acids is 1. The summed E-state index contributed by atoms with van der Waals surface area (Å²) < 4.78 is 5.12. The quantitative estimate of drug-likeness (QED) is 0.860. The number of amides is 1. The summed E-state index contributed by atoms with van der Waals surface area (Å²) in [6.45, 7) is 0.880. The van der Waals surface area contributed by atoms with E-state index >= 15 is 0 Å². The number of nitrogens with zero attached hydrogens (tertiary/aromatic N) is 4. The average Bonchev–Trinajstić information content (AvgIpc) is 2.89. The number of hydrogen-bond donors (Lipinski definition) is 1. The first-order valence-corrected chi connectivity index (χ1v) is 6.07. The molecule has 1 aliphatic rings. The van der Waals surface area contributed by atoms with Crippen LogP contribution in [0.4, 0.5) is 5.95 Å². The second-order valence-corrected chi connectivity index (χ2v) is 4.42. The van der Waals surface area contributed by atoms with E-state index in [1.165, 1.54) is 7.11 Å². The van der Waals surface area contributed by atoms with Gasteiger partial charge in [0.2, 0.25) is 11.8 Å². The number of aromatic nitrogens is 3. The first-order valence-electron chi connectivity index (χ1n) is 6.07. The zero-order valence-corrected chi connectivity index (χ0v) is 10.9. The van der Waals surface area contributed by atoms with Gasteiger partial charge < -0.3 is 15.4 Å². The summed E-state index contributed by atoms with van der Waals surface area (Å²) in [6, 6.07) is 3.40. The first kappa shape index (κ1) is 12.3. The van der Waals surface area contributed by atoms with Crippen LogP contribution in [0.25, 0.3) is 0 Å². The van der Waals surface area contributed by atoms with Crippen molar-refractivity contribution in [1.29, 1.82) is 0 Å². The molecule has 0 unspecified atom stereocenters. The summed E-state index contributed by atoms with van der Waals surface area (Å²) in [5.74, 6) is 0.391. The summed E-state index contributed by atoms with van der Waals surface area (Å²) in [5.41, 5.74) is 7.69. The van der Waals surface area contributed by atoms with Gasteiger partial charge in [-0.05, 0) is 12.1 Å². The molecule has 0 aliphatic carbocycles. The zero-order valence-electron chi connectivity index (χ0n) is 10.9. The highest BCUT2D eigenvalue weighted by Crippen LogP contribution is 2.25. The lowest BCUT2D eigenvalue weighted by molar-refractivity contribution is 0.0746. The number of fused-ring (bicyclic) bond motifs is 1. The Bertz CT molecular complexity index is 674. The minimum Gasteiger partial charge on any atom is -0.480 e. The fourth-order valence-electron chi connectivity index (χ4n) is 2.20. The highest BCUT2D eigenvalue weighted by molar-refractivity contribution is 5.96. The van der Waals surface area contributed by atoms with Crippen molar-refractivity contribution in [2.75, 3.05) is 12.8 Å². The number of carbonyl (C=O) groups is 1. The van der Waals surface area contributed by atoms with Crippen LogP contribution in [0, 0.1) is 0 Å². The molecule has 0 radical (unpaired) electrons. The van der Waals surface area contributed by atoms with Gasteiger partial charge in [0.25, 0.3) is 5.91 Å². The van der Waals surface area contributed by atoms with Crippen molar-refractivity contribution in [3.8, 4) is 5.88 Å². The van der Waals surface area contributed by atoms with Crippen LogP contribution in [0.3, 0.4) is 0 Å². The largest absolute Gasteiger partial charge is 0.480 e. The van der Waals surface area contributed by atoms with E-state index in [2.05, 4.69) is 15.0 Å². The summed E-state index contributed by atoms with van der Waals surface area (Å²) in [6.07, 6.45) is 3.24. The molecule has 3 heterocycles. The van der Waals surface area contributed by atoms with Crippen LogP contribution in [0.5, 0.6) is 5.88 Å². The third-order valence-corrected chi connectivity index (χ3v) is 3.16. The lowest BCUT2D eigenvalue weighted by Crippen LogP contribution is -2.26. The summed E-state index contributed by atoms with van der Waals surface area (Å²) in [7, 11) is 1.49. The van der Waals surface area contributed by atoms with Gasteiger partial charge in [-0.3, -0.25) is 4.79 Å². The lowest BCUT2D eigenvalue weighted by Gasteiger charge is -2.16. The molecule has 0 atom stereocenters. The topological polar surface area (TPSA) is 94.2 Å². The predicted octanol–water partition coefficient (Wildman–Crippen LogP) is 0.618. The maximum absolute atomic E-state index is 12.5. The number of nitrogen functional groups attached to an aromatic ring is 1. The van der Waals surface area contributed by atoms with E-state index in [9.17, 15) is 4.79 Å². The van der Waals surface area contributed by atoms with Crippen molar-refractivity contribution in [2.24, 2.45) is 0 Å².